The number of Topliss-reactive ketones (excluding diaryl/α,β-unsaturated/α-hetero) is 2. The van der Waals surface area contributed by atoms with Gasteiger partial charge < -0.3 is 10.2 Å². The van der Waals surface area contributed by atoms with E-state index >= 15 is 0 Å². The molecular formula is C30H46O6. The van der Waals surface area contributed by atoms with Crippen LogP contribution in [0.4, 0.5) is 0 Å². The average Bonchev–Trinajstić information content (AvgIpc) is 2.69. The zero-order valence-corrected chi connectivity index (χ0v) is 23.4. The van der Waals surface area contributed by atoms with Crippen molar-refractivity contribution in [3.8, 4) is 0 Å². The molecule has 0 aromatic heterocycles. The lowest BCUT2D eigenvalue weighted by Crippen LogP contribution is -2.48. The summed E-state index contributed by atoms with van der Waals surface area (Å²) in [4.78, 5) is 51.9. The molecule has 0 spiro atoms. The molecular weight excluding hydrogens is 456 g/mol. The van der Waals surface area contributed by atoms with E-state index in [2.05, 4.69) is 39.8 Å². The van der Waals surface area contributed by atoms with Gasteiger partial charge in [-0.2, -0.15) is 0 Å². The first-order chi connectivity index (χ1) is 16.5. The van der Waals surface area contributed by atoms with E-state index in [-0.39, 0.29) is 47.1 Å². The summed E-state index contributed by atoms with van der Waals surface area (Å²) in [5.74, 6) is -4.73. The van der Waals surface area contributed by atoms with Crippen LogP contribution in [0.1, 0.15) is 100 Å². The maximum Gasteiger partial charge on any atom is 0.310 e. The van der Waals surface area contributed by atoms with Gasteiger partial charge in [0.1, 0.15) is 11.6 Å². The summed E-state index contributed by atoms with van der Waals surface area (Å²) in [6, 6.07) is 0. The Bertz CT molecular complexity index is 890. The first kappa shape index (κ1) is 30.0. The minimum absolute atomic E-state index is 0.0365. The van der Waals surface area contributed by atoms with Crippen molar-refractivity contribution in [2.24, 2.45) is 39.9 Å². The smallest absolute Gasteiger partial charge is 0.310 e. The largest absolute Gasteiger partial charge is 0.481 e. The Kier molecular flexibility index (Phi) is 9.18. The lowest BCUT2D eigenvalue weighted by molar-refractivity contribution is -0.165. The molecule has 202 valence electrons. The second kappa shape index (κ2) is 11.0. The highest BCUT2D eigenvalue weighted by Gasteiger charge is 2.52. The fraction of sp³-hybridized carbons (Fsp3) is 0.733. The van der Waals surface area contributed by atoms with Crippen molar-refractivity contribution < 1.29 is 29.4 Å². The number of carboxylic acid groups (broad SMARTS) is 2. The van der Waals surface area contributed by atoms with Gasteiger partial charge in [-0.15, -0.1) is 0 Å². The number of carbonyl (C=O) groups excluding carboxylic acids is 2. The third kappa shape index (κ3) is 6.00. The van der Waals surface area contributed by atoms with Gasteiger partial charge in [0, 0.05) is 24.7 Å². The van der Waals surface area contributed by atoms with Crippen molar-refractivity contribution in [2.45, 2.75) is 100 Å². The Morgan fingerprint density at radius 2 is 1.19 bits per heavy atom. The van der Waals surface area contributed by atoms with Crippen molar-refractivity contribution in [2.75, 3.05) is 0 Å². The number of aliphatic carboxylic acids is 2. The zero-order chi connectivity index (χ0) is 27.6. The summed E-state index contributed by atoms with van der Waals surface area (Å²) in [5, 5.41) is 20.2. The molecule has 4 unspecified atom stereocenters. The van der Waals surface area contributed by atoms with E-state index in [4.69, 9.17) is 0 Å². The standard InChI is InChI=1S/C30H46O6/c1-18-11-9-13-28(5,6)25(18)22(31)15-20(3)30(27(35)36,17-24(33)34)21(4)16-23(32)26-19(2)12-10-14-29(26,7)8/h11-12,20-21,25-26H,9-10,13-17H2,1-8H3,(H,33,34)(H,35,36). The maximum atomic E-state index is 13.6. The number of hydrogen-bond donors (Lipinski definition) is 2. The molecule has 2 rings (SSSR count). The zero-order valence-electron chi connectivity index (χ0n) is 23.4. The lowest BCUT2D eigenvalue weighted by Gasteiger charge is -2.43. The SMILES string of the molecule is CC1=CCCC(C)(C)C1C(=O)CC(C)C(CC(=O)O)(C(=O)O)C(C)CC(=O)C1C(C)=CCCC1(C)C. The summed E-state index contributed by atoms with van der Waals surface area (Å²) < 4.78 is 0. The van der Waals surface area contributed by atoms with Gasteiger partial charge in [-0.05, 0) is 62.2 Å². The molecule has 0 aromatic carbocycles. The van der Waals surface area contributed by atoms with Crippen molar-refractivity contribution >= 4 is 23.5 Å². The summed E-state index contributed by atoms with van der Waals surface area (Å²) in [7, 11) is 0. The number of rotatable bonds is 11. The number of hydrogen-bond acceptors (Lipinski definition) is 4. The highest BCUT2D eigenvalue weighted by molar-refractivity contribution is 5.89. The van der Waals surface area contributed by atoms with Gasteiger partial charge in [-0.3, -0.25) is 19.2 Å². The molecule has 0 saturated carbocycles. The second-order valence-electron chi connectivity index (χ2n) is 12.9. The lowest BCUT2D eigenvalue weighted by atomic mass is 9.59. The number of carboxylic acids is 2. The van der Waals surface area contributed by atoms with Crippen LogP contribution in [0.2, 0.25) is 0 Å². The van der Waals surface area contributed by atoms with E-state index in [1.165, 1.54) is 0 Å². The highest BCUT2D eigenvalue weighted by atomic mass is 16.4. The highest BCUT2D eigenvalue weighted by Crippen LogP contribution is 2.49. The molecule has 2 N–H and O–H groups in total. The van der Waals surface area contributed by atoms with Crippen LogP contribution in [0, 0.1) is 39.9 Å². The first-order valence-electron chi connectivity index (χ1n) is 13.3. The molecule has 0 saturated heterocycles. The van der Waals surface area contributed by atoms with Crippen LogP contribution in [0.15, 0.2) is 23.3 Å². The number of allylic oxidation sites excluding steroid dienone is 4. The molecule has 6 nitrogen and oxygen atoms in total. The summed E-state index contributed by atoms with van der Waals surface area (Å²) >= 11 is 0. The predicted octanol–water partition coefficient (Wildman–Crippen LogP) is 6.49. The van der Waals surface area contributed by atoms with E-state index in [0.29, 0.717) is 0 Å². The molecule has 0 amide bonds. The topological polar surface area (TPSA) is 109 Å². The van der Waals surface area contributed by atoms with Crippen molar-refractivity contribution in [1.29, 1.82) is 0 Å². The minimum Gasteiger partial charge on any atom is -0.481 e. The van der Waals surface area contributed by atoms with Gasteiger partial charge >= 0.3 is 11.9 Å². The Morgan fingerprint density at radius 3 is 1.47 bits per heavy atom. The fourth-order valence-electron chi connectivity index (χ4n) is 7.27. The van der Waals surface area contributed by atoms with E-state index in [0.717, 1.165) is 36.8 Å². The first-order valence-corrected chi connectivity index (χ1v) is 13.3. The Labute approximate surface area is 216 Å². The molecule has 0 aromatic rings. The summed E-state index contributed by atoms with van der Waals surface area (Å²) in [6.07, 6.45) is 6.98. The number of carbonyl (C=O) groups is 4. The molecule has 0 radical (unpaired) electrons. The summed E-state index contributed by atoms with van der Waals surface area (Å²) in [5.41, 5.74) is -0.233. The van der Waals surface area contributed by atoms with Crippen LogP contribution in [0.5, 0.6) is 0 Å². The van der Waals surface area contributed by atoms with E-state index < -0.39 is 35.6 Å². The quantitative estimate of drug-likeness (QED) is 0.313. The predicted molar refractivity (Wildman–Crippen MR) is 140 cm³/mol. The van der Waals surface area contributed by atoms with Crippen LogP contribution in [-0.2, 0) is 19.2 Å². The molecule has 0 aliphatic heterocycles. The Balaban J connectivity index is 2.40. The Hall–Kier alpha value is -2.24. The summed E-state index contributed by atoms with van der Waals surface area (Å²) in [6.45, 7) is 15.4. The third-order valence-corrected chi connectivity index (χ3v) is 9.24. The molecule has 0 heterocycles. The van der Waals surface area contributed by atoms with E-state index in [1.807, 2.05) is 13.8 Å². The molecule has 0 bridgehead atoms. The van der Waals surface area contributed by atoms with Gasteiger partial charge in [-0.1, -0.05) is 64.8 Å². The molecule has 2 aliphatic rings. The monoisotopic (exact) mass is 502 g/mol. The van der Waals surface area contributed by atoms with Crippen LogP contribution in [0.25, 0.3) is 0 Å². The van der Waals surface area contributed by atoms with Crippen LogP contribution in [-0.4, -0.2) is 33.7 Å². The average molecular weight is 503 g/mol. The van der Waals surface area contributed by atoms with Crippen LogP contribution in [0.3, 0.4) is 0 Å². The minimum atomic E-state index is -1.73. The second-order valence-corrected chi connectivity index (χ2v) is 12.9. The van der Waals surface area contributed by atoms with Crippen molar-refractivity contribution in [3.63, 3.8) is 0 Å². The maximum absolute atomic E-state index is 13.6. The van der Waals surface area contributed by atoms with Gasteiger partial charge in [-0.25, -0.2) is 0 Å². The van der Waals surface area contributed by atoms with Gasteiger partial charge in [0.15, 0.2) is 0 Å². The molecule has 6 heteroatoms. The molecule has 0 fully saturated rings. The van der Waals surface area contributed by atoms with Crippen molar-refractivity contribution in [3.05, 3.63) is 23.3 Å². The molecule has 36 heavy (non-hydrogen) atoms. The van der Waals surface area contributed by atoms with Gasteiger partial charge in [0.2, 0.25) is 0 Å². The van der Waals surface area contributed by atoms with Gasteiger partial charge in [0.25, 0.3) is 0 Å². The van der Waals surface area contributed by atoms with Gasteiger partial charge in [0.05, 0.1) is 11.8 Å². The van der Waals surface area contributed by atoms with Crippen molar-refractivity contribution in [1.82, 2.24) is 0 Å². The van der Waals surface area contributed by atoms with E-state index in [9.17, 15) is 29.4 Å². The Morgan fingerprint density at radius 1 is 0.833 bits per heavy atom. The normalized spacial score (nSPS) is 26.6. The van der Waals surface area contributed by atoms with Crippen LogP contribution >= 0.6 is 0 Å². The molecule has 2 aliphatic carbocycles. The third-order valence-electron chi connectivity index (χ3n) is 9.24. The van der Waals surface area contributed by atoms with Crippen LogP contribution < -0.4 is 0 Å². The van der Waals surface area contributed by atoms with E-state index in [1.54, 1.807) is 13.8 Å². The fourth-order valence-corrected chi connectivity index (χ4v) is 7.27. The number of ketones is 2. The molecule has 4 atom stereocenters.